The summed E-state index contributed by atoms with van der Waals surface area (Å²) >= 11 is 0. The van der Waals surface area contributed by atoms with Crippen molar-refractivity contribution < 1.29 is 13.3 Å². The van der Waals surface area contributed by atoms with Gasteiger partial charge < -0.3 is 18.2 Å². The average molecular weight is 771 g/mol. The van der Waals surface area contributed by atoms with Gasteiger partial charge in [-0.05, 0) is 118 Å². The minimum absolute atomic E-state index is 0.594. The second-order valence-corrected chi connectivity index (χ2v) is 15.1. The number of hydrogen-bond donors (Lipinski definition) is 0. The molecule has 0 radical (unpaired) electrons. The summed E-state index contributed by atoms with van der Waals surface area (Å²) in [6.45, 7) is 0. The Morgan fingerprint density at radius 2 is 0.850 bits per heavy atom. The molecule has 0 N–H and O–H groups in total. The Labute approximate surface area is 345 Å². The van der Waals surface area contributed by atoms with Gasteiger partial charge in [0.15, 0.2) is 5.58 Å². The van der Waals surface area contributed by atoms with E-state index in [2.05, 4.69) is 144 Å². The molecule has 0 bridgehead atoms. The number of nitrogens with zero attached hydrogens (tertiary/aromatic N) is 2. The van der Waals surface area contributed by atoms with E-state index < -0.39 is 0 Å². The fourth-order valence-corrected chi connectivity index (χ4v) is 8.62. The molecule has 12 rings (SSSR count). The zero-order chi connectivity index (χ0) is 39.6. The van der Waals surface area contributed by atoms with Crippen LogP contribution in [0, 0.1) is 0 Å². The number of oxazole rings is 1. The van der Waals surface area contributed by atoms with Gasteiger partial charge in [-0.15, -0.1) is 0 Å². The van der Waals surface area contributed by atoms with Crippen LogP contribution in [0.1, 0.15) is 0 Å². The summed E-state index contributed by atoms with van der Waals surface area (Å²) in [5, 5.41) is 4.18. The smallest absolute Gasteiger partial charge is 0.227 e. The maximum Gasteiger partial charge on any atom is 0.227 e. The summed E-state index contributed by atoms with van der Waals surface area (Å²) in [6.07, 6.45) is 0. The number of furan rings is 2. The zero-order valence-electron chi connectivity index (χ0n) is 32.2. The van der Waals surface area contributed by atoms with E-state index >= 15 is 0 Å². The molecule has 0 aliphatic carbocycles. The van der Waals surface area contributed by atoms with Crippen molar-refractivity contribution in [2.75, 3.05) is 4.90 Å². The highest BCUT2D eigenvalue weighted by Crippen LogP contribution is 2.42. The molecule has 5 nitrogen and oxygen atoms in total. The molecular weight excluding hydrogens is 737 g/mol. The topological polar surface area (TPSA) is 55.6 Å². The van der Waals surface area contributed by atoms with Crippen LogP contribution < -0.4 is 4.90 Å². The van der Waals surface area contributed by atoms with Crippen molar-refractivity contribution in [1.29, 1.82) is 0 Å². The average Bonchev–Trinajstić information content (AvgIpc) is 4.04. The van der Waals surface area contributed by atoms with Crippen molar-refractivity contribution in [3.05, 3.63) is 206 Å². The molecule has 60 heavy (non-hydrogen) atoms. The van der Waals surface area contributed by atoms with Crippen molar-refractivity contribution in [3.63, 3.8) is 0 Å². The van der Waals surface area contributed by atoms with Gasteiger partial charge in [0.05, 0.1) is 5.39 Å². The predicted octanol–water partition coefficient (Wildman–Crippen LogP) is 15.8. The number of rotatable bonds is 7. The largest absolute Gasteiger partial charge is 0.456 e. The van der Waals surface area contributed by atoms with Crippen LogP contribution in [0.4, 0.5) is 17.1 Å². The van der Waals surface area contributed by atoms with Crippen LogP contribution in [0.5, 0.6) is 0 Å². The van der Waals surface area contributed by atoms with E-state index in [1.54, 1.807) is 0 Å². The van der Waals surface area contributed by atoms with Crippen molar-refractivity contribution in [2.45, 2.75) is 0 Å². The van der Waals surface area contributed by atoms with Crippen LogP contribution >= 0.6 is 0 Å². The van der Waals surface area contributed by atoms with E-state index in [0.29, 0.717) is 5.89 Å². The van der Waals surface area contributed by atoms with Gasteiger partial charge in [0.1, 0.15) is 27.8 Å². The molecule has 0 fully saturated rings. The second-order valence-electron chi connectivity index (χ2n) is 15.1. The highest BCUT2D eigenvalue weighted by molar-refractivity contribution is 6.17. The molecule has 0 unspecified atom stereocenters. The maximum absolute atomic E-state index is 6.42. The fourth-order valence-electron chi connectivity index (χ4n) is 8.62. The van der Waals surface area contributed by atoms with Crippen molar-refractivity contribution >= 4 is 72.0 Å². The minimum atomic E-state index is 0.594. The van der Waals surface area contributed by atoms with Crippen molar-refractivity contribution in [2.24, 2.45) is 0 Å². The van der Waals surface area contributed by atoms with Crippen molar-refractivity contribution in [3.8, 4) is 44.8 Å². The second kappa shape index (κ2) is 13.8. The highest BCUT2D eigenvalue weighted by atomic mass is 16.4. The lowest BCUT2D eigenvalue weighted by atomic mass is 9.99. The summed E-state index contributed by atoms with van der Waals surface area (Å²) in [4.78, 5) is 7.13. The molecule has 12 aromatic rings. The number of aromatic nitrogens is 1. The summed E-state index contributed by atoms with van der Waals surface area (Å²) in [6, 6.07) is 71.8. The molecule has 0 aliphatic rings. The van der Waals surface area contributed by atoms with E-state index in [-0.39, 0.29) is 0 Å². The molecule has 5 heteroatoms. The third kappa shape index (κ3) is 5.67. The lowest BCUT2D eigenvalue weighted by Gasteiger charge is -2.26. The number of para-hydroxylation sites is 1. The Bertz CT molecular complexity index is 3510. The van der Waals surface area contributed by atoms with Gasteiger partial charge in [-0.1, -0.05) is 121 Å². The normalized spacial score (nSPS) is 11.7. The highest BCUT2D eigenvalue weighted by Gasteiger charge is 2.19. The summed E-state index contributed by atoms with van der Waals surface area (Å²) in [5.41, 5.74) is 15.8. The summed E-state index contributed by atoms with van der Waals surface area (Å²) in [7, 11) is 0. The van der Waals surface area contributed by atoms with Crippen LogP contribution in [0.25, 0.3) is 99.8 Å². The quantitative estimate of drug-likeness (QED) is 0.162. The van der Waals surface area contributed by atoms with E-state index in [0.717, 1.165) is 99.9 Å². The van der Waals surface area contributed by atoms with Gasteiger partial charge in [-0.3, -0.25) is 0 Å². The number of benzene rings is 9. The van der Waals surface area contributed by atoms with Crippen LogP contribution in [-0.4, -0.2) is 4.98 Å². The molecule has 0 atom stereocenters. The van der Waals surface area contributed by atoms with E-state index in [4.69, 9.17) is 18.2 Å². The first-order valence-corrected chi connectivity index (χ1v) is 20.1. The maximum atomic E-state index is 6.42. The van der Waals surface area contributed by atoms with Crippen LogP contribution in [0.3, 0.4) is 0 Å². The first kappa shape index (κ1) is 33.9. The van der Waals surface area contributed by atoms with Crippen LogP contribution in [0.15, 0.2) is 220 Å². The first-order valence-electron chi connectivity index (χ1n) is 20.1. The van der Waals surface area contributed by atoms with Crippen LogP contribution in [0.2, 0.25) is 0 Å². The monoisotopic (exact) mass is 770 g/mol. The molecule has 3 heterocycles. The molecule has 9 aromatic carbocycles. The molecular formula is C55H34N2O3. The Kier molecular flexibility index (Phi) is 7.78. The Morgan fingerprint density at radius 3 is 1.55 bits per heavy atom. The molecule has 3 aromatic heterocycles. The molecule has 0 spiro atoms. The van der Waals surface area contributed by atoms with Crippen molar-refractivity contribution in [1.82, 2.24) is 4.98 Å². The van der Waals surface area contributed by atoms with Gasteiger partial charge in [0.2, 0.25) is 5.89 Å². The molecule has 0 saturated heterocycles. The Hall–Kier alpha value is -8.15. The van der Waals surface area contributed by atoms with E-state index in [1.165, 1.54) is 11.1 Å². The lowest BCUT2D eigenvalue weighted by Crippen LogP contribution is -2.09. The lowest BCUT2D eigenvalue weighted by molar-refractivity contribution is 0.622. The standard InChI is InChI=1S/C55H34N2O3/c1-3-10-35(11-4-1)36-18-25-41(26-19-36)57(43-29-22-38(23-30-43)44-15-9-17-50-52(44)45-14-7-8-16-48(45)58-50)42-27-20-37(21-28-42)40-24-32-49-46(34-40)53-51(59-49)33-31-47-54(53)60-55(56-47)39-12-5-2-6-13-39/h1-34H. The molecule has 0 aliphatic heterocycles. The fraction of sp³-hybridized carbons (Fsp3) is 0. The van der Waals surface area contributed by atoms with Gasteiger partial charge in [-0.25, -0.2) is 4.98 Å². The van der Waals surface area contributed by atoms with Gasteiger partial charge >= 0.3 is 0 Å². The first-order chi connectivity index (χ1) is 29.7. The number of anilines is 3. The van der Waals surface area contributed by atoms with Gasteiger partial charge in [-0.2, -0.15) is 0 Å². The minimum Gasteiger partial charge on any atom is -0.456 e. The summed E-state index contributed by atoms with van der Waals surface area (Å²) < 4.78 is 19.0. The summed E-state index contributed by atoms with van der Waals surface area (Å²) in [5.74, 6) is 0.594. The van der Waals surface area contributed by atoms with E-state index in [9.17, 15) is 0 Å². The third-order valence-corrected chi connectivity index (χ3v) is 11.5. The van der Waals surface area contributed by atoms with Gasteiger partial charge in [0.25, 0.3) is 0 Å². The van der Waals surface area contributed by atoms with Crippen LogP contribution in [-0.2, 0) is 0 Å². The Balaban J connectivity index is 0.930. The third-order valence-electron chi connectivity index (χ3n) is 11.5. The molecule has 0 saturated carbocycles. The predicted molar refractivity (Wildman–Crippen MR) is 245 cm³/mol. The molecule has 0 amide bonds. The van der Waals surface area contributed by atoms with E-state index in [1.807, 2.05) is 66.7 Å². The Morgan fingerprint density at radius 1 is 0.333 bits per heavy atom. The molecule has 282 valence electrons. The number of fused-ring (bicyclic) bond motifs is 8. The zero-order valence-corrected chi connectivity index (χ0v) is 32.2. The number of hydrogen-bond acceptors (Lipinski definition) is 5. The van der Waals surface area contributed by atoms with Gasteiger partial charge in [0, 0.05) is 38.8 Å². The SMILES string of the molecule is c1ccc(-c2ccc(N(c3ccc(-c4ccc5oc6ccc7nc(-c8ccccc8)oc7c6c5c4)cc3)c3ccc(-c4cccc5oc6ccccc6c45)cc3)cc2)cc1.